The summed E-state index contributed by atoms with van der Waals surface area (Å²) in [6.45, 7) is 0. The molecule has 0 saturated heterocycles. The van der Waals surface area contributed by atoms with Gasteiger partial charge in [0.25, 0.3) is 0 Å². The van der Waals surface area contributed by atoms with Gasteiger partial charge in [-0.3, -0.25) is 0 Å². The average Bonchev–Trinajstić information content (AvgIpc) is 3.01. The molecule has 1 heterocycles. The predicted octanol–water partition coefficient (Wildman–Crippen LogP) is 6.95. The normalized spacial score (nSPS) is 11.3. The van der Waals surface area contributed by atoms with Gasteiger partial charge in [-0.15, -0.1) is 11.3 Å². The second-order valence-corrected chi connectivity index (χ2v) is 7.05. The van der Waals surface area contributed by atoms with Gasteiger partial charge in [-0.25, -0.2) is 0 Å². The van der Waals surface area contributed by atoms with Crippen LogP contribution in [0.15, 0.2) is 84.9 Å². The molecule has 5 aromatic rings. The summed E-state index contributed by atoms with van der Waals surface area (Å²) in [5.41, 5.74) is 2.24. The van der Waals surface area contributed by atoms with E-state index in [9.17, 15) is 0 Å². The van der Waals surface area contributed by atoms with Gasteiger partial charge in [0.2, 0.25) is 0 Å². The first-order chi connectivity index (χ1) is 11.9. The number of para-hydroxylation sites is 1. The third-order valence-electron chi connectivity index (χ3n) is 4.42. The molecular weight excluding hydrogens is 310 g/mol. The van der Waals surface area contributed by atoms with Gasteiger partial charge in [-0.1, -0.05) is 48.5 Å². The number of hydrogen-bond donors (Lipinski definition) is 1. The van der Waals surface area contributed by atoms with Crippen molar-refractivity contribution >= 4 is 53.7 Å². The van der Waals surface area contributed by atoms with E-state index in [0.717, 1.165) is 11.4 Å². The third kappa shape index (κ3) is 2.15. The van der Waals surface area contributed by atoms with E-state index in [1.807, 2.05) is 29.5 Å². The number of fused-ring (bicyclic) bond motifs is 5. The Morgan fingerprint density at radius 3 is 2.29 bits per heavy atom. The first-order valence-electron chi connectivity index (χ1n) is 8.04. The van der Waals surface area contributed by atoms with Crippen LogP contribution < -0.4 is 5.32 Å². The molecule has 0 radical (unpaired) electrons. The van der Waals surface area contributed by atoms with E-state index < -0.39 is 0 Å². The summed E-state index contributed by atoms with van der Waals surface area (Å²) in [5, 5.41) is 8.82. The number of nitrogens with one attached hydrogen (secondary N) is 1. The fraction of sp³-hybridized carbons (Fsp3) is 0. The van der Waals surface area contributed by atoms with Crippen LogP contribution in [0.1, 0.15) is 0 Å². The van der Waals surface area contributed by atoms with Crippen molar-refractivity contribution in [2.24, 2.45) is 0 Å². The molecule has 0 bridgehead atoms. The first-order valence-corrected chi connectivity index (χ1v) is 8.86. The van der Waals surface area contributed by atoms with Crippen molar-refractivity contribution in [3.05, 3.63) is 84.9 Å². The maximum Gasteiger partial charge on any atom is 0.0391 e. The summed E-state index contributed by atoms with van der Waals surface area (Å²) in [4.78, 5) is 0. The molecule has 5 rings (SSSR count). The van der Waals surface area contributed by atoms with E-state index in [1.165, 1.54) is 30.9 Å². The van der Waals surface area contributed by atoms with E-state index in [-0.39, 0.29) is 0 Å². The second-order valence-electron chi connectivity index (χ2n) is 5.96. The molecular formula is C22H15NS. The Hall–Kier alpha value is -2.84. The smallest absolute Gasteiger partial charge is 0.0391 e. The van der Waals surface area contributed by atoms with Crippen LogP contribution in [-0.2, 0) is 0 Å². The Kier molecular flexibility index (Phi) is 3.03. The van der Waals surface area contributed by atoms with Crippen LogP contribution in [0.25, 0.3) is 30.9 Å². The molecule has 0 fully saturated rings. The zero-order valence-corrected chi connectivity index (χ0v) is 13.8. The van der Waals surface area contributed by atoms with Crippen LogP contribution in [0.4, 0.5) is 11.4 Å². The van der Waals surface area contributed by atoms with Gasteiger partial charge >= 0.3 is 0 Å². The highest BCUT2D eigenvalue weighted by atomic mass is 32.1. The summed E-state index contributed by atoms with van der Waals surface area (Å²) >= 11 is 1.86. The summed E-state index contributed by atoms with van der Waals surface area (Å²) in [6.07, 6.45) is 0. The molecule has 1 aromatic heterocycles. The Labute approximate surface area is 144 Å². The van der Waals surface area contributed by atoms with E-state index in [0.29, 0.717) is 0 Å². The van der Waals surface area contributed by atoms with Crippen LogP contribution in [0, 0.1) is 0 Å². The van der Waals surface area contributed by atoms with Gasteiger partial charge in [0.15, 0.2) is 0 Å². The average molecular weight is 325 g/mol. The molecule has 2 heteroatoms. The highest BCUT2D eigenvalue weighted by molar-refractivity contribution is 7.26. The van der Waals surface area contributed by atoms with E-state index in [2.05, 4.69) is 72.0 Å². The topological polar surface area (TPSA) is 12.0 Å². The summed E-state index contributed by atoms with van der Waals surface area (Å²) in [7, 11) is 0. The number of anilines is 2. The van der Waals surface area contributed by atoms with Crippen molar-refractivity contribution in [2.75, 3.05) is 5.32 Å². The van der Waals surface area contributed by atoms with Crippen LogP contribution >= 0.6 is 11.3 Å². The molecule has 0 spiro atoms. The van der Waals surface area contributed by atoms with Crippen LogP contribution in [0.3, 0.4) is 0 Å². The molecule has 0 unspecified atom stereocenters. The summed E-state index contributed by atoms with van der Waals surface area (Å²) < 4.78 is 2.68. The lowest BCUT2D eigenvalue weighted by Crippen LogP contribution is -1.88. The highest BCUT2D eigenvalue weighted by Crippen LogP contribution is 2.39. The number of hydrogen-bond acceptors (Lipinski definition) is 2. The second kappa shape index (κ2) is 5.36. The Morgan fingerprint density at radius 2 is 1.38 bits per heavy atom. The molecule has 0 amide bonds. The van der Waals surface area contributed by atoms with Crippen molar-refractivity contribution in [1.29, 1.82) is 0 Å². The molecule has 114 valence electrons. The maximum absolute atomic E-state index is 3.50. The predicted molar refractivity (Wildman–Crippen MR) is 107 cm³/mol. The molecule has 24 heavy (non-hydrogen) atoms. The van der Waals surface area contributed by atoms with Gasteiger partial charge in [0.05, 0.1) is 0 Å². The molecule has 1 nitrogen and oxygen atoms in total. The molecule has 4 aromatic carbocycles. The van der Waals surface area contributed by atoms with Gasteiger partial charge in [-0.2, -0.15) is 0 Å². The lowest BCUT2D eigenvalue weighted by atomic mass is 10.0. The lowest BCUT2D eigenvalue weighted by molar-refractivity contribution is 1.57. The van der Waals surface area contributed by atoms with E-state index in [1.54, 1.807) is 0 Å². The minimum atomic E-state index is 1.11. The number of thiophene rings is 1. The zero-order chi connectivity index (χ0) is 15.9. The van der Waals surface area contributed by atoms with Crippen LogP contribution in [0.5, 0.6) is 0 Å². The van der Waals surface area contributed by atoms with Crippen LogP contribution in [0.2, 0.25) is 0 Å². The minimum absolute atomic E-state index is 1.11. The third-order valence-corrected chi connectivity index (χ3v) is 5.56. The molecule has 0 saturated carbocycles. The largest absolute Gasteiger partial charge is 0.356 e. The molecule has 0 atom stereocenters. The van der Waals surface area contributed by atoms with Crippen molar-refractivity contribution in [2.45, 2.75) is 0 Å². The summed E-state index contributed by atoms with van der Waals surface area (Å²) in [5.74, 6) is 0. The number of rotatable bonds is 2. The molecule has 0 aliphatic heterocycles. The SMILES string of the molecule is c1ccc(Nc2ccc3sc4ccc5ccccc5c4c3c2)cc1. The summed E-state index contributed by atoms with van der Waals surface area (Å²) in [6, 6.07) is 30.1. The Bertz CT molecular complexity index is 1170. The van der Waals surface area contributed by atoms with Crippen molar-refractivity contribution in [3.63, 3.8) is 0 Å². The van der Waals surface area contributed by atoms with Gasteiger partial charge < -0.3 is 5.32 Å². The highest BCUT2D eigenvalue weighted by Gasteiger charge is 2.09. The minimum Gasteiger partial charge on any atom is -0.356 e. The van der Waals surface area contributed by atoms with Crippen molar-refractivity contribution < 1.29 is 0 Å². The molecule has 0 aliphatic carbocycles. The Balaban J connectivity index is 1.75. The fourth-order valence-corrected chi connectivity index (χ4v) is 4.42. The molecule has 1 N–H and O–H groups in total. The van der Waals surface area contributed by atoms with Gasteiger partial charge in [0.1, 0.15) is 0 Å². The van der Waals surface area contributed by atoms with Crippen molar-refractivity contribution in [3.8, 4) is 0 Å². The molecule has 0 aliphatic rings. The van der Waals surface area contributed by atoms with Gasteiger partial charge in [-0.05, 0) is 47.2 Å². The van der Waals surface area contributed by atoms with E-state index in [4.69, 9.17) is 0 Å². The first kappa shape index (κ1) is 13.6. The Morgan fingerprint density at radius 1 is 0.583 bits per heavy atom. The van der Waals surface area contributed by atoms with Gasteiger partial charge in [0, 0.05) is 31.5 Å². The monoisotopic (exact) mass is 325 g/mol. The fourth-order valence-electron chi connectivity index (χ4n) is 3.31. The zero-order valence-electron chi connectivity index (χ0n) is 13.0. The van der Waals surface area contributed by atoms with Crippen LogP contribution in [-0.4, -0.2) is 0 Å². The lowest BCUT2D eigenvalue weighted by Gasteiger charge is -2.06. The number of benzene rings is 4. The maximum atomic E-state index is 3.50. The van der Waals surface area contributed by atoms with E-state index >= 15 is 0 Å². The standard InChI is InChI=1S/C22H15NS/c1-2-7-16(8-3-1)23-17-11-13-20-19(14-17)22-18-9-5-4-6-15(18)10-12-21(22)24-20/h1-14,23H. The quantitative estimate of drug-likeness (QED) is 0.370. The van der Waals surface area contributed by atoms with Crippen molar-refractivity contribution in [1.82, 2.24) is 0 Å².